The number of hydrogen-bond donors (Lipinski definition) is 2. The Morgan fingerprint density at radius 2 is 1.67 bits per heavy atom. The first-order valence-electron chi connectivity index (χ1n) is 6.23. The van der Waals surface area contributed by atoms with Gasteiger partial charge in [0.1, 0.15) is 11.5 Å². The van der Waals surface area contributed by atoms with E-state index < -0.39 is 0 Å². The molecule has 0 aromatic heterocycles. The third kappa shape index (κ3) is 3.60. The monoisotopic (exact) mass is 326 g/mol. The van der Waals surface area contributed by atoms with E-state index in [0.29, 0.717) is 21.5 Å². The minimum Gasteiger partial charge on any atom is -0.497 e. The smallest absolute Gasteiger partial charge is 0.124 e. The van der Waals surface area contributed by atoms with Crippen molar-refractivity contribution in [2.45, 2.75) is 6.04 Å². The number of hydrazine groups is 1. The van der Waals surface area contributed by atoms with Crippen LogP contribution in [-0.4, -0.2) is 14.2 Å². The summed E-state index contributed by atoms with van der Waals surface area (Å²) in [7, 11) is 3.20. The van der Waals surface area contributed by atoms with Crippen molar-refractivity contribution in [2.24, 2.45) is 5.84 Å². The number of hydrogen-bond acceptors (Lipinski definition) is 4. The van der Waals surface area contributed by atoms with Crippen LogP contribution in [0.15, 0.2) is 36.4 Å². The van der Waals surface area contributed by atoms with Gasteiger partial charge in [0.15, 0.2) is 0 Å². The number of nitrogens with two attached hydrogens (primary N) is 1. The maximum atomic E-state index is 6.06. The molecule has 0 fully saturated rings. The van der Waals surface area contributed by atoms with Crippen LogP contribution in [0.25, 0.3) is 0 Å². The quantitative estimate of drug-likeness (QED) is 0.651. The molecule has 112 valence electrons. The second-order valence-corrected chi connectivity index (χ2v) is 5.28. The Bertz CT molecular complexity index is 615. The lowest BCUT2D eigenvalue weighted by atomic mass is 9.98. The van der Waals surface area contributed by atoms with Gasteiger partial charge in [-0.25, -0.2) is 5.43 Å². The zero-order chi connectivity index (χ0) is 15.4. The lowest BCUT2D eigenvalue weighted by Crippen LogP contribution is -2.29. The number of halogens is 2. The van der Waals surface area contributed by atoms with Gasteiger partial charge in [-0.05, 0) is 42.0 Å². The highest BCUT2D eigenvalue weighted by Gasteiger charge is 2.19. The van der Waals surface area contributed by atoms with E-state index in [1.807, 2.05) is 18.2 Å². The fraction of sp³-hybridized carbons (Fsp3) is 0.200. The summed E-state index contributed by atoms with van der Waals surface area (Å²) in [6, 6.07) is 10.5. The highest BCUT2D eigenvalue weighted by atomic mass is 35.5. The van der Waals surface area contributed by atoms with Gasteiger partial charge in [0.2, 0.25) is 0 Å². The zero-order valence-electron chi connectivity index (χ0n) is 11.7. The minimum absolute atomic E-state index is 0.328. The van der Waals surface area contributed by atoms with Crippen LogP contribution in [0, 0.1) is 0 Å². The van der Waals surface area contributed by atoms with Crippen molar-refractivity contribution in [3.63, 3.8) is 0 Å². The second kappa shape index (κ2) is 7.00. The van der Waals surface area contributed by atoms with Crippen molar-refractivity contribution in [3.8, 4) is 11.5 Å². The van der Waals surface area contributed by atoms with Crippen LogP contribution < -0.4 is 20.7 Å². The number of methoxy groups -OCH3 is 2. The molecule has 0 aliphatic heterocycles. The Morgan fingerprint density at radius 3 is 2.19 bits per heavy atom. The molecule has 0 heterocycles. The molecule has 0 radical (unpaired) electrons. The molecule has 0 amide bonds. The number of ether oxygens (including phenoxy) is 2. The zero-order valence-corrected chi connectivity index (χ0v) is 13.2. The van der Waals surface area contributed by atoms with Gasteiger partial charge >= 0.3 is 0 Å². The first-order chi connectivity index (χ1) is 10.1. The number of benzene rings is 2. The minimum atomic E-state index is -0.328. The molecule has 0 aliphatic carbocycles. The Hall–Kier alpha value is -1.46. The van der Waals surface area contributed by atoms with E-state index in [4.69, 9.17) is 38.5 Å². The van der Waals surface area contributed by atoms with Crippen LogP contribution in [0.4, 0.5) is 0 Å². The highest BCUT2D eigenvalue weighted by molar-refractivity contribution is 6.34. The lowest BCUT2D eigenvalue weighted by Gasteiger charge is -2.20. The molecular weight excluding hydrogens is 311 g/mol. The summed E-state index contributed by atoms with van der Waals surface area (Å²) in [5.74, 6) is 7.12. The SMILES string of the molecule is COc1ccc(OC)c(C(NN)c2cc(Cl)cc(Cl)c2)c1. The first kappa shape index (κ1) is 15.9. The van der Waals surface area contributed by atoms with Crippen LogP contribution in [-0.2, 0) is 0 Å². The first-order valence-corrected chi connectivity index (χ1v) is 6.98. The third-order valence-corrected chi connectivity index (χ3v) is 3.57. The summed E-state index contributed by atoms with van der Waals surface area (Å²) < 4.78 is 10.6. The molecule has 1 atom stereocenters. The topological polar surface area (TPSA) is 56.5 Å². The predicted molar refractivity (Wildman–Crippen MR) is 85.2 cm³/mol. The van der Waals surface area contributed by atoms with E-state index >= 15 is 0 Å². The Morgan fingerprint density at radius 1 is 1.00 bits per heavy atom. The molecule has 2 aromatic carbocycles. The van der Waals surface area contributed by atoms with Gasteiger partial charge in [-0.3, -0.25) is 5.84 Å². The van der Waals surface area contributed by atoms with E-state index in [2.05, 4.69) is 5.43 Å². The average Bonchev–Trinajstić information content (AvgIpc) is 2.47. The second-order valence-electron chi connectivity index (χ2n) is 4.41. The number of rotatable bonds is 5. The summed E-state index contributed by atoms with van der Waals surface area (Å²) in [5, 5.41) is 1.08. The molecular formula is C15H16Cl2N2O2. The van der Waals surface area contributed by atoms with Crippen LogP contribution in [0.3, 0.4) is 0 Å². The molecule has 6 heteroatoms. The Balaban J connectivity index is 2.54. The van der Waals surface area contributed by atoms with Crippen LogP contribution in [0.2, 0.25) is 10.0 Å². The largest absolute Gasteiger partial charge is 0.497 e. The van der Waals surface area contributed by atoms with Gasteiger partial charge < -0.3 is 9.47 Å². The van der Waals surface area contributed by atoms with Gasteiger partial charge in [0.05, 0.1) is 20.3 Å². The molecule has 0 saturated heterocycles. The van der Waals surface area contributed by atoms with Gasteiger partial charge in [-0.1, -0.05) is 23.2 Å². The third-order valence-electron chi connectivity index (χ3n) is 3.13. The molecule has 1 unspecified atom stereocenters. The van der Waals surface area contributed by atoms with Gasteiger partial charge in [0, 0.05) is 15.6 Å². The van der Waals surface area contributed by atoms with E-state index in [1.165, 1.54) is 0 Å². The van der Waals surface area contributed by atoms with Crippen LogP contribution in [0.1, 0.15) is 17.2 Å². The lowest BCUT2D eigenvalue weighted by molar-refractivity contribution is 0.394. The summed E-state index contributed by atoms with van der Waals surface area (Å²) in [6.07, 6.45) is 0. The molecule has 2 rings (SSSR count). The van der Waals surface area contributed by atoms with Crippen LogP contribution >= 0.6 is 23.2 Å². The van der Waals surface area contributed by atoms with Crippen molar-refractivity contribution < 1.29 is 9.47 Å². The molecule has 2 aromatic rings. The van der Waals surface area contributed by atoms with Gasteiger partial charge in [-0.15, -0.1) is 0 Å². The number of nitrogens with one attached hydrogen (secondary N) is 1. The molecule has 3 N–H and O–H groups in total. The molecule has 0 saturated carbocycles. The molecule has 0 aliphatic rings. The highest BCUT2D eigenvalue weighted by Crippen LogP contribution is 2.34. The standard InChI is InChI=1S/C15H16Cl2N2O2/c1-20-12-3-4-14(21-2)13(8-12)15(19-18)9-5-10(16)7-11(17)6-9/h3-8,15,19H,18H2,1-2H3. The fourth-order valence-corrected chi connectivity index (χ4v) is 2.72. The van der Waals surface area contributed by atoms with Crippen molar-refractivity contribution in [2.75, 3.05) is 14.2 Å². The predicted octanol–water partition coefficient (Wildman–Crippen LogP) is 3.56. The molecule has 4 nitrogen and oxygen atoms in total. The van der Waals surface area contributed by atoms with E-state index in [-0.39, 0.29) is 6.04 Å². The van der Waals surface area contributed by atoms with Crippen molar-refractivity contribution in [3.05, 3.63) is 57.6 Å². The van der Waals surface area contributed by atoms with Crippen molar-refractivity contribution in [1.82, 2.24) is 5.43 Å². The van der Waals surface area contributed by atoms with E-state index in [9.17, 15) is 0 Å². The maximum Gasteiger partial charge on any atom is 0.124 e. The van der Waals surface area contributed by atoms with Gasteiger partial charge in [-0.2, -0.15) is 0 Å². The van der Waals surface area contributed by atoms with E-state index in [1.54, 1.807) is 32.4 Å². The fourth-order valence-electron chi connectivity index (χ4n) is 2.17. The normalized spacial score (nSPS) is 12.0. The average molecular weight is 327 g/mol. The van der Waals surface area contributed by atoms with Crippen molar-refractivity contribution in [1.29, 1.82) is 0 Å². The summed E-state index contributed by atoms with van der Waals surface area (Å²) >= 11 is 12.1. The summed E-state index contributed by atoms with van der Waals surface area (Å²) in [4.78, 5) is 0. The Kier molecular flexibility index (Phi) is 5.31. The summed E-state index contributed by atoms with van der Waals surface area (Å²) in [6.45, 7) is 0. The summed E-state index contributed by atoms with van der Waals surface area (Å²) in [5.41, 5.74) is 4.43. The maximum absolute atomic E-state index is 6.06. The van der Waals surface area contributed by atoms with Gasteiger partial charge in [0.25, 0.3) is 0 Å². The molecule has 0 bridgehead atoms. The van der Waals surface area contributed by atoms with Crippen LogP contribution in [0.5, 0.6) is 11.5 Å². The van der Waals surface area contributed by atoms with E-state index in [0.717, 1.165) is 11.1 Å². The molecule has 21 heavy (non-hydrogen) atoms. The Labute approximate surface area is 133 Å². The molecule has 0 spiro atoms. The van der Waals surface area contributed by atoms with Crippen molar-refractivity contribution >= 4 is 23.2 Å².